The molecule has 0 amide bonds. The maximum Gasteiger partial charge on any atom is 0.337 e. The van der Waals surface area contributed by atoms with E-state index in [1.807, 2.05) is 6.92 Å². The lowest BCUT2D eigenvalue weighted by Gasteiger charge is -2.05. The summed E-state index contributed by atoms with van der Waals surface area (Å²) in [6.07, 6.45) is 2.33. The fraction of sp³-hybridized carbons (Fsp3) is 0.700. The van der Waals surface area contributed by atoms with Crippen LogP contribution in [-0.4, -0.2) is 17.7 Å². The molecule has 0 saturated carbocycles. The van der Waals surface area contributed by atoms with Crippen molar-refractivity contribution in [2.75, 3.05) is 6.61 Å². The molecule has 0 rings (SSSR count). The molecule has 0 heterocycles. The van der Waals surface area contributed by atoms with Crippen molar-refractivity contribution in [2.45, 2.75) is 40.0 Å². The third-order valence-corrected chi connectivity index (χ3v) is 1.80. The number of unbranched alkanes of at least 4 members (excludes halogenated alkanes) is 1. The topological polar surface area (TPSA) is 46.5 Å². The molecular formula is C10H18O3. The molecule has 0 spiro atoms. The predicted octanol–water partition coefficient (Wildman–Crippen LogP) is 2.57. The van der Waals surface area contributed by atoms with Crippen molar-refractivity contribution >= 4 is 5.97 Å². The van der Waals surface area contributed by atoms with Gasteiger partial charge in [0, 0.05) is 6.42 Å². The van der Waals surface area contributed by atoms with E-state index in [0.29, 0.717) is 18.6 Å². The lowest BCUT2D eigenvalue weighted by Crippen LogP contribution is -2.09. The molecule has 0 aliphatic heterocycles. The van der Waals surface area contributed by atoms with Gasteiger partial charge in [0.15, 0.2) is 0 Å². The molecular weight excluding hydrogens is 168 g/mol. The number of ether oxygens (including phenoxy) is 1. The standard InChI is InChI=1S/C10H18O3/c1-4-6-7-13-10(12)8(3)9(11)5-2/h11H,4-7H2,1-3H3/b9-8+. The second kappa shape index (κ2) is 6.52. The third-order valence-electron chi connectivity index (χ3n) is 1.80. The number of carbonyl (C=O) groups is 1. The highest BCUT2D eigenvalue weighted by atomic mass is 16.5. The Morgan fingerprint density at radius 1 is 1.38 bits per heavy atom. The molecule has 0 atom stereocenters. The molecule has 0 aromatic rings. The van der Waals surface area contributed by atoms with Gasteiger partial charge in [-0.15, -0.1) is 0 Å². The molecule has 0 aromatic heterocycles. The van der Waals surface area contributed by atoms with Crippen LogP contribution in [0.3, 0.4) is 0 Å². The Hall–Kier alpha value is -0.990. The largest absolute Gasteiger partial charge is 0.512 e. The van der Waals surface area contributed by atoms with Crippen LogP contribution in [0.25, 0.3) is 0 Å². The van der Waals surface area contributed by atoms with E-state index in [9.17, 15) is 9.90 Å². The lowest BCUT2D eigenvalue weighted by molar-refractivity contribution is -0.139. The van der Waals surface area contributed by atoms with Crippen LogP contribution in [0.4, 0.5) is 0 Å². The Bertz CT molecular complexity index is 194. The molecule has 3 heteroatoms. The van der Waals surface area contributed by atoms with Gasteiger partial charge in [-0.1, -0.05) is 20.3 Å². The van der Waals surface area contributed by atoms with Crippen molar-refractivity contribution < 1.29 is 14.6 Å². The molecule has 13 heavy (non-hydrogen) atoms. The summed E-state index contributed by atoms with van der Waals surface area (Å²) in [6, 6.07) is 0. The summed E-state index contributed by atoms with van der Waals surface area (Å²) in [5, 5.41) is 9.23. The van der Waals surface area contributed by atoms with E-state index >= 15 is 0 Å². The van der Waals surface area contributed by atoms with Crippen LogP contribution in [0.2, 0.25) is 0 Å². The summed E-state index contributed by atoms with van der Waals surface area (Å²) in [7, 11) is 0. The molecule has 0 aliphatic carbocycles. The summed E-state index contributed by atoms with van der Waals surface area (Å²) >= 11 is 0. The first-order valence-electron chi connectivity index (χ1n) is 4.69. The van der Waals surface area contributed by atoms with Crippen molar-refractivity contribution in [3.8, 4) is 0 Å². The number of allylic oxidation sites excluding steroid dienone is 1. The first kappa shape index (κ1) is 12.0. The van der Waals surface area contributed by atoms with Gasteiger partial charge >= 0.3 is 5.97 Å². The van der Waals surface area contributed by atoms with Crippen molar-refractivity contribution in [2.24, 2.45) is 0 Å². The number of hydrogen-bond donors (Lipinski definition) is 1. The monoisotopic (exact) mass is 186 g/mol. The van der Waals surface area contributed by atoms with E-state index in [1.54, 1.807) is 13.8 Å². The van der Waals surface area contributed by atoms with Gasteiger partial charge in [0.05, 0.1) is 12.2 Å². The van der Waals surface area contributed by atoms with Gasteiger partial charge in [0.1, 0.15) is 5.76 Å². The number of aliphatic hydroxyl groups excluding tert-OH is 1. The Morgan fingerprint density at radius 2 is 2.00 bits per heavy atom. The average molecular weight is 186 g/mol. The smallest absolute Gasteiger partial charge is 0.337 e. The Kier molecular flexibility index (Phi) is 6.02. The lowest BCUT2D eigenvalue weighted by atomic mass is 10.2. The van der Waals surface area contributed by atoms with Gasteiger partial charge in [0.25, 0.3) is 0 Å². The van der Waals surface area contributed by atoms with E-state index in [2.05, 4.69) is 0 Å². The fourth-order valence-electron chi connectivity index (χ4n) is 0.800. The van der Waals surface area contributed by atoms with Crippen molar-refractivity contribution in [3.05, 3.63) is 11.3 Å². The number of rotatable bonds is 5. The van der Waals surface area contributed by atoms with Crippen LogP contribution >= 0.6 is 0 Å². The normalized spacial score (nSPS) is 12.2. The van der Waals surface area contributed by atoms with E-state index in [0.717, 1.165) is 12.8 Å². The zero-order valence-corrected chi connectivity index (χ0v) is 8.59. The van der Waals surface area contributed by atoms with Crippen LogP contribution in [0.5, 0.6) is 0 Å². The zero-order chi connectivity index (χ0) is 10.3. The average Bonchev–Trinajstić information content (AvgIpc) is 2.15. The minimum atomic E-state index is -0.409. The predicted molar refractivity (Wildman–Crippen MR) is 51.5 cm³/mol. The van der Waals surface area contributed by atoms with E-state index in [-0.39, 0.29) is 5.76 Å². The summed E-state index contributed by atoms with van der Waals surface area (Å²) in [4.78, 5) is 11.2. The summed E-state index contributed by atoms with van der Waals surface area (Å²) in [5.74, 6) is -0.297. The number of aliphatic hydroxyl groups is 1. The second-order valence-corrected chi connectivity index (χ2v) is 2.91. The van der Waals surface area contributed by atoms with E-state index in [4.69, 9.17) is 4.74 Å². The van der Waals surface area contributed by atoms with Gasteiger partial charge in [-0.3, -0.25) is 0 Å². The van der Waals surface area contributed by atoms with Crippen LogP contribution in [0.1, 0.15) is 40.0 Å². The number of esters is 1. The van der Waals surface area contributed by atoms with Gasteiger partial charge < -0.3 is 9.84 Å². The summed E-state index contributed by atoms with van der Waals surface area (Å²) in [5.41, 5.74) is 0.318. The Balaban J connectivity index is 3.97. The molecule has 0 unspecified atom stereocenters. The minimum Gasteiger partial charge on any atom is -0.512 e. The maximum atomic E-state index is 11.2. The third kappa shape index (κ3) is 4.55. The van der Waals surface area contributed by atoms with Crippen LogP contribution in [0, 0.1) is 0 Å². The molecule has 0 aliphatic rings. The van der Waals surface area contributed by atoms with E-state index in [1.165, 1.54) is 0 Å². The van der Waals surface area contributed by atoms with E-state index < -0.39 is 5.97 Å². The van der Waals surface area contributed by atoms with Gasteiger partial charge in [0.2, 0.25) is 0 Å². The van der Waals surface area contributed by atoms with Crippen LogP contribution in [0.15, 0.2) is 11.3 Å². The molecule has 1 N–H and O–H groups in total. The molecule has 0 aromatic carbocycles. The molecule has 76 valence electrons. The maximum absolute atomic E-state index is 11.2. The molecule has 0 fully saturated rings. The quantitative estimate of drug-likeness (QED) is 0.310. The highest BCUT2D eigenvalue weighted by Gasteiger charge is 2.09. The van der Waals surface area contributed by atoms with Crippen LogP contribution in [-0.2, 0) is 9.53 Å². The van der Waals surface area contributed by atoms with Crippen molar-refractivity contribution in [3.63, 3.8) is 0 Å². The first-order valence-corrected chi connectivity index (χ1v) is 4.69. The zero-order valence-electron chi connectivity index (χ0n) is 8.59. The Morgan fingerprint density at radius 3 is 2.46 bits per heavy atom. The molecule has 0 radical (unpaired) electrons. The van der Waals surface area contributed by atoms with Gasteiger partial charge in [-0.25, -0.2) is 4.79 Å². The fourth-order valence-corrected chi connectivity index (χ4v) is 0.800. The van der Waals surface area contributed by atoms with Crippen molar-refractivity contribution in [1.29, 1.82) is 0 Å². The molecule has 0 bridgehead atoms. The number of carbonyl (C=O) groups excluding carboxylic acids is 1. The minimum absolute atomic E-state index is 0.112. The molecule has 3 nitrogen and oxygen atoms in total. The summed E-state index contributed by atoms with van der Waals surface area (Å²) in [6.45, 7) is 5.83. The highest BCUT2D eigenvalue weighted by Crippen LogP contribution is 2.06. The number of hydrogen-bond acceptors (Lipinski definition) is 3. The molecule has 0 saturated heterocycles. The summed E-state index contributed by atoms with van der Waals surface area (Å²) < 4.78 is 4.91. The second-order valence-electron chi connectivity index (χ2n) is 2.91. The van der Waals surface area contributed by atoms with Gasteiger partial charge in [-0.2, -0.15) is 0 Å². The Labute approximate surface area is 79.4 Å². The first-order chi connectivity index (χ1) is 6.13. The van der Waals surface area contributed by atoms with Crippen molar-refractivity contribution in [1.82, 2.24) is 0 Å². The van der Waals surface area contributed by atoms with Gasteiger partial charge in [-0.05, 0) is 13.3 Å². The SMILES string of the molecule is CCCCOC(=O)/C(C)=C(/O)CC. The van der Waals surface area contributed by atoms with Crippen LogP contribution < -0.4 is 0 Å². The highest BCUT2D eigenvalue weighted by molar-refractivity contribution is 5.88.